The number of benzene rings is 1. The monoisotopic (exact) mass is 275 g/mol. The number of rotatable bonds is 4. The molecule has 0 aliphatic carbocycles. The Kier molecular flexibility index (Phi) is 3.91. The smallest absolute Gasteiger partial charge is 0.251 e. The number of amides is 1. The number of nitrogens with zero attached hydrogens (tertiary/aromatic N) is 1. The average Bonchev–Trinajstić information content (AvgIpc) is 2.82. The molecule has 6 heteroatoms. The van der Waals surface area contributed by atoms with Crippen molar-refractivity contribution in [1.82, 2.24) is 10.5 Å². The Morgan fingerprint density at radius 1 is 1.37 bits per heavy atom. The third-order valence-corrected chi connectivity index (χ3v) is 2.77. The van der Waals surface area contributed by atoms with Gasteiger partial charge in [-0.3, -0.25) is 4.79 Å². The molecule has 0 bridgehead atoms. The van der Waals surface area contributed by atoms with Gasteiger partial charge in [-0.25, -0.2) is 0 Å². The highest BCUT2D eigenvalue weighted by Gasteiger charge is 2.07. The van der Waals surface area contributed by atoms with Crippen molar-refractivity contribution in [3.05, 3.63) is 52.9 Å². The second-order valence-corrected chi connectivity index (χ2v) is 4.50. The molecule has 98 valence electrons. The van der Waals surface area contributed by atoms with Crippen LogP contribution in [0.3, 0.4) is 0 Å². The Labute approximate surface area is 115 Å². The molecule has 1 heterocycles. The van der Waals surface area contributed by atoms with Gasteiger partial charge >= 0.3 is 0 Å². The molecule has 2 aromatic rings. The number of aromatic nitrogens is 1. The number of carbonyl (C=O) groups is 1. The Morgan fingerprint density at radius 2 is 2.00 bits per heavy atom. The molecule has 1 amide bonds. The van der Waals surface area contributed by atoms with Crippen LogP contribution in [0.25, 0.3) is 0 Å². The van der Waals surface area contributed by atoms with Gasteiger partial charge in [0.15, 0.2) is 5.76 Å². The first-order chi connectivity index (χ1) is 9.06. The third kappa shape index (κ3) is 3.38. The van der Waals surface area contributed by atoms with E-state index in [0.717, 1.165) is 11.3 Å². The molecule has 0 aliphatic heterocycles. The lowest BCUT2D eigenvalue weighted by molar-refractivity contribution is 0.0947. The average molecular weight is 275 g/mol. The molecule has 0 aliphatic rings. The summed E-state index contributed by atoms with van der Waals surface area (Å²) in [5.74, 6) is 0.425. The maximum absolute atomic E-state index is 11.9. The zero-order valence-corrected chi connectivity index (χ0v) is 11.2. The van der Waals surface area contributed by atoms with E-state index in [1.807, 2.05) is 6.92 Å². The molecule has 0 fully saturated rings. The van der Waals surface area contributed by atoms with E-state index < -0.39 is 0 Å². The van der Waals surface area contributed by atoms with E-state index in [4.69, 9.17) is 22.5 Å². The quantitative estimate of drug-likeness (QED) is 0.827. The number of nitrogens with one attached hydrogen (secondary N) is 1. The first kappa shape index (κ1) is 13.2. The molecule has 0 spiro atoms. The number of hydrogen-bond acceptors (Lipinski definition) is 4. The highest BCUT2D eigenvalue weighted by molar-refractivity contribution is 7.80. The van der Waals surface area contributed by atoms with Crippen LogP contribution in [0.5, 0.6) is 0 Å². The van der Waals surface area contributed by atoms with Crippen LogP contribution < -0.4 is 11.1 Å². The third-order valence-electron chi connectivity index (χ3n) is 2.53. The van der Waals surface area contributed by atoms with Gasteiger partial charge in [0.2, 0.25) is 0 Å². The lowest BCUT2D eigenvalue weighted by atomic mass is 10.1. The van der Waals surface area contributed by atoms with Gasteiger partial charge in [-0.05, 0) is 19.1 Å². The molecule has 1 aromatic heterocycles. The van der Waals surface area contributed by atoms with Crippen molar-refractivity contribution in [3.63, 3.8) is 0 Å². The van der Waals surface area contributed by atoms with Gasteiger partial charge in [0.05, 0.1) is 12.2 Å². The first-order valence-electron chi connectivity index (χ1n) is 5.66. The Morgan fingerprint density at radius 3 is 2.53 bits per heavy atom. The lowest BCUT2D eigenvalue weighted by Gasteiger charge is -2.04. The maximum atomic E-state index is 11.9. The summed E-state index contributed by atoms with van der Waals surface area (Å²) in [6, 6.07) is 8.56. The summed E-state index contributed by atoms with van der Waals surface area (Å²) in [4.78, 5) is 12.2. The minimum Gasteiger partial charge on any atom is -0.389 e. The molecule has 0 radical (unpaired) electrons. The van der Waals surface area contributed by atoms with Crippen molar-refractivity contribution in [1.29, 1.82) is 0 Å². The minimum absolute atomic E-state index is 0.191. The molecule has 2 rings (SSSR count). The first-order valence-corrected chi connectivity index (χ1v) is 6.07. The predicted molar refractivity (Wildman–Crippen MR) is 74.7 cm³/mol. The predicted octanol–water partition coefficient (Wildman–Crippen LogP) is 1.55. The van der Waals surface area contributed by atoms with Crippen molar-refractivity contribution in [2.24, 2.45) is 5.73 Å². The van der Waals surface area contributed by atoms with Crippen LogP contribution in [0.1, 0.15) is 27.4 Å². The fraction of sp³-hybridized carbons (Fsp3) is 0.154. The fourth-order valence-electron chi connectivity index (χ4n) is 1.55. The topological polar surface area (TPSA) is 81.2 Å². The Balaban J connectivity index is 1.98. The van der Waals surface area contributed by atoms with Crippen LogP contribution in [0.2, 0.25) is 0 Å². The minimum atomic E-state index is -0.191. The summed E-state index contributed by atoms with van der Waals surface area (Å²) in [6.07, 6.45) is 0. The molecule has 0 saturated carbocycles. The van der Waals surface area contributed by atoms with Gasteiger partial charge in [-0.15, -0.1) is 0 Å². The summed E-state index contributed by atoms with van der Waals surface area (Å²) < 4.78 is 5.00. The maximum Gasteiger partial charge on any atom is 0.251 e. The summed E-state index contributed by atoms with van der Waals surface area (Å²) in [5.41, 5.74) is 7.54. The van der Waals surface area contributed by atoms with E-state index in [1.165, 1.54) is 0 Å². The number of nitrogens with two attached hydrogens (primary N) is 1. The van der Waals surface area contributed by atoms with Crippen molar-refractivity contribution in [2.75, 3.05) is 0 Å². The van der Waals surface area contributed by atoms with E-state index >= 15 is 0 Å². The highest BCUT2D eigenvalue weighted by Crippen LogP contribution is 2.06. The van der Waals surface area contributed by atoms with E-state index in [0.29, 0.717) is 22.9 Å². The van der Waals surface area contributed by atoms with Crippen LogP contribution in [0.4, 0.5) is 0 Å². The van der Waals surface area contributed by atoms with E-state index in [9.17, 15) is 4.79 Å². The second-order valence-electron chi connectivity index (χ2n) is 4.06. The van der Waals surface area contributed by atoms with Gasteiger partial charge in [-0.2, -0.15) is 0 Å². The van der Waals surface area contributed by atoms with Crippen LogP contribution in [0, 0.1) is 6.92 Å². The summed E-state index contributed by atoms with van der Waals surface area (Å²) in [7, 11) is 0. The molecule has 5 nitrogen and oxygen atoms in total. The van der Waals surface area contributed by atoms with Gasteiger partial charge in [0, 0.05) is 17.2 Å². The van der Waals surface area contributed by atoms with Gasteiger partial charge in [-0.1, -0.05) is 29.5 Å². The number of aryl methyl sites for hydroxylation is 1. The number of carbonyl (C=O) groups excluding carboxylic acids is 1. The highest BCUT2D eigenvalue weighted by atomic mass is 32.1. The second kappa shape index (κ2) is 5.62. The van der Waals surface area contributed by atoms with Crippen molar-refractivity contribution >= 4 is 23.1 Å². The van der Waals surface area contributed by atoms with E-state index in [2.05, 4.69) is 10.5 Å². The molecule has 0 atom stereocenters. The Hall–Kier alpha value is -2.21. The molecule has 3 N–H and O–H groups in total. The Bertz CT molecular complexity index is 605. The van der Waals surface area contributed by atoms with Crippen molar-refractivity contribution in [2.45, 2.75) is 13.5 Å². The summed E-state index contributed by atoms with van der Waals surface area (Å²) in [5, 5.41) is 6.48. The zero-order chi connectivity index (χ0) is 13.8. The summed E-state index contributed by atoms with van der Waals surface area (Å²) in [6.45, 7) is 2.12. The molecular weight excluding hydrogens is 262 g/mol. The van der Waals surface area contributed by atoms with Crippen LogP contribution in [-0.4, -0.2) is 16.1 Å². The van der Waals surface area contributed by atoms with Crippen LogP contribution >= 0.6 is 12.2 Å². The van der Waals surface area contributed by atoms with Crippen LogP contribution in [0.15, 0.2) is 34.9 Å². The lowest BCUT2D eigenvalue weighted by Crippen LogP contribution is -2.22. The molecule has 19 heavy (non-hydrogen) atoms. The van der Waals surface area contributed by atoms with Crippen molar-refractivity contribution < 1.29 is 9.32 Å². The fourth-order valence-corrected chi connectivity index (χ4v) is 1.69. The number of thiocarbonyl (C=S) groups is 1. The SMILES string of the molecule is Cc1cc(CNC(=O)c2ccc(C(N)=S)cc2)on1. The molecule has 0 unspecified atom stereocenters. The van der Waals surface area contributed by atoms with E-state index in [1.54, 1.807) is 30.3 Å². The largest absolute Gasteiger partial charge is 0.389 e. The van der Waals surface area contributed by atoms with E-state index in [-0.39, 0.29) is 5.91 Å². The van der Waals surface area contributed by atoms with Gasteiger partial charge < -0.3 is 15.6 Å². The summed E-state index contributed by atoms with van der Waals surface area (Å²) >= 11 is 4.85. The van der Waals surface area contributed by atoms with Crippen LogP contribution in [-0.2, 0) is 6.54 Å². The standard InChI is InChI=1S/C13H13N3O2S/c1-8-6-11(18-16-8)7-15-13(17)10-4-2-9(3-5-10)12(14)19/h2-6H,7H2,1H3,(H2,14,19)(H,15,17). The number of hydrogen-bond donors (Lipinski definition) is 2. The molecular formula is C13H13N3O2S. The molecule has 0 saturated heterocycles. The van der Waals surface area contributed by atoms with Gasteiger partial charge in [0.1, 0.15) is 4.99 Å². The normalized spacial score (nSPS) is 10.2. The zero-order valence-electron chi connectivity index (χ0n) is 10.3. The van der Waals surface area contributed by atoms with Gasteiger partial charge in [0.25, 0.3) is 5.91 Å². The molecule has 1 aromatic carbocycles. The van der Waals surface area contributed by atoms with Crippen molar-refractivity contribution in [3.8, 4) is 0 Å².